The Morgan fingerprint density at radius 2 is 1.24 bits per heavy atom. The van der Waals surface area contributed by atoms with E-state index in [1.807, 2.05) is 66.7 Å². The van der Waals surface area contributed by atoms with E-state index in [0.717, 1.165) is 22.6 Å². The topological polar surface area (TPSA) is 72.4 Å². The fraction of sp³-hybridized carbons (Fsp3) is 0.125. The molecule has 2 aromatic carbocycles. The molecule has 0 spiro atoms. The van der Waals surface area contributed by atoms with Gasteiger partial charge in [0.1, 0.15) is 0 Å². The number of Topliss-reactive ketones (excluding diaryl/α,β-unsaturated/α-hetero) is 2. The van der Waals surface area contributed by atoms with Crippen molar-refractivity contribution in [3.05, 3.63) is 138 Å². The predicted octanol–water partition coefficient (Wildman–Crippen LogP) is 5.41. The first kappa shape index (κ1) is 25.0. The van der Waals surface area contributed by atoms with E-state index in [-0.39, 0.29) is 11.3 Å². The highest BCUT2D eigenvalue weighted by atomic mass is 16.5. The van der Waals surface area contributed by atoms with Crippen molar-refractivity contribution in [3.63, 3.8) is 0 Å². The van der Waals surface area contributed by atoms with Gasteiger partial charge in [0, 0.05) is 25.2 Å². The lowest BCUT2D eigenvalue weighted by Crippen LogP contribution is -2.24. The number of pyridine rings is 2. The standard InChI is InChI=1S/C32H27N3O3/c1-38-30-19-18-27(31(36)32(30)37)29-17-9-15-26(34-29)22-35(20-23-10-4-2-5-11-23)21-25-14-8-16-28(33-25)24-12-6-3-7-13-24/h2-19H,20-22H2,1H3. The number of aromatic nitrogens is 2. The second-order valence-electron chi connectivity index (χ2n) is 9.00. The van der Waals surface area contributed by atoms with Gasteiger partial charge in [-0.05, 0) is 42.0 Å². The maximum absolute atomic E-state index is 12.7. The fourth-order valence-corrected chi connectivity index (χ4v) is 4.43. The third-order valence-corrected chi connectivity index (χ3v) is 6.28. The first-order chi connectivity index (χ1) is 18.6. The highest BCUT2D eigenvalue weighted by Crippen LogP contribution is 2.22. The quantitative estimate of drug-likeness (QED) is 0.226. The second-order valence-corrected chi connectivity index (χ2v) is 9.00. The zero-order valence-electron chi connectivity index (χ0n) is 21.1. The molecule has 0 fully saturated rings. The number of hydrogen-bond acceptors (Lipinski definition) is 6. The molecule has 6 heteroatoms. The number of ether oxygens (including phenoxy) is 1. The molecule has 0 amide bonds. The van der Waals surface area contributed by atoms with Gasteiger partial charge in [0.2, 0.25) is 5.78 Å². The maximum Gasteiger partial charge on any atom is 0.268 e. The van der Waals surface area contributed by atoms with Crippen LogP contribution < -0.4 is 0 Å². The summed E-state index contributed by atoms with van der Waals surface area (Å²) in [5, 5.41) is 0. The van der Waals surface area contributed by atoms with Crippen molar-refractivity contribution in [2.45, 2.75) is 19.6 Å². The molecule has 0 atom stereocenters. The minimum atomic E-state index is -0.660. The highest BCUT2D eigenvalue weighted by molar-refractivity contribution is 6.58. The Balaban J connectivity index is 1.41. The number of carbonyl (C=O) groups excluding carboxylic acids is 2. The lowest BCUT2D eigenvalue weighted by Gasteiger charge is -2.22. The Morgan fingerprint density at radius 3 is 1.89 bits per heavy atom. The van der Waals surface area contributed by atoms with E-state index in [4.69, 9.17) is 14.7 Å². The van der Waals surface area contributed by atoms with E-state index >= 15 is 0 Å². The minimum absolute atomic E-state index is 0.0363. The average Bonchev–Trinajstić information content (AvgIpc) is 2.96. The van der Waals surface area contributed by atoms with Gasteiger partial charge in [0.05, 0.1) is 35.5 Å². The maximum atomic E-state index is 12.7. The molecule has 1 aliphatic rings. The number of allylic oxidation sites excluding steroid dienone is 4. The summed E-state index contributed by atoms with van der Waals surface area (Å²) >= 11 is 0. The van der Waals surface area contributed by atoms with Crippen LogP contribution in [0.15, 0.2) is 115 Å². The number of ketones is 2. The second kappa shape index (κ2) is 11.6. The van der Waals surface area contributed by atoms with Crippen molar-refractivity contribution < 1.29 is 14.3 Å². The van der Waals surface area contributed by atoms with Crippen LogP contribution in [0.3, 0.4) is 0 Å². The van der Waals surface area contributed by atoms with Crippen LogP contribution in [-0.2, 0) is 34.0 Å². The van der Waals surface area contributed by atoms with Gasteiger partial charge in [0.15, 0.2) is 5.76 Å². The SMILES string of the molecule is COC1=CC=C(c2cccc(CN(Cc3ccccc3)Cc3cccc(-c4ccccc4)n3)n2)C(=O)C1=O. The molecule has 2 aromatic heterocycles. The van der Waals surface area contributed by atoms with Crippen molar-refractivity contribution in [2.24, 2.45) is 0 Å². The van der Waals surface area contributed by atoms with E-state index in [2.05, 4.69) is 29.2 Å². The van der Waals surface area contributed by atoms with Gasteiger partial charge in [-0.25, -0.2) is 0 Å². The first-order valence-corrected chi connectivity index (χ1v) is 12.4. The molecule has 0 N–H and O–H groups in total. The molecule has 0 unspecified atom stereocenters. The molecule has 38 heavy (non-hydrogen) atoms. The van der Waals surface area contributed by atoms with Crippen molar-refractivity contribution in [1.82, 2.24) is 14.9 Å². The zero-order chi connectivity index (χ0) is 26.3. The van der Waals surface area contributed by atoms with Gasteiger partial charge >= 0.3 is 0 Å². The fourth-order valence-electron chi connectivity index (χ4n) is 4.43. The van der Waals surface area contributed by atoms with Crippen molar-refractivity contribution in [3.8, 4) is 11.3 Å². The molecule has 0 saturated carbocycles. The summed E-state index contributed by atoms with van der Waals surface area (Å²) in [6.07, 6.45) is 3.11. The number of carbonyl (C=O) groups is 2. The molecule has 0 bridgehead atoms. The Labute approximate surface area is 222 Å². The van der Waals surface area contributed by atoms with Gasteiger partial charge in [0.25, 0.3) is 5.78 Å². The number of hydrogen-bond donors (Lipinski definition) is 0. The number of benzene rings is 2. The van der Waals surface area contributed by atoms with Crippen molar-refractivity contribution >= 4 is 17.1 Å². The molecule has 0 aliphatic heterocycles. The molecule has 0 radical (unpaired) electrons. The third-order valence-electron chi connectivity index (χ3n) is 6.28. The number of nitrogens with zero attached hydrogens (tertiary/aromatic N) is 3. The zero-order valence-corrected chi connectivity index (χ0v) is 21.1. The Kier molecular flexibility index (Phi) is 7.62. The largest absolute Gasteiger partial charge is 0.493 e. The molecule has 0 saturated heterocycles. The normalized spacial score (nSPS) is 13.3. The van der Waals surface area contributed by atoms with Crippen LogP contribution in [0.2, 0.25) is 0 Å². The summed E-state index contributed by atoms with van der Waals surface area (Å²) in [4.78, 5) is 36.9. The van der Waals surface area contributed by atoms with E-state index in [1.54, 1.807) is 12.1 Å². The molecule has 188 valence electrons. The first-order valence-electron chi connectivity index (χ1n) is 12.4. The lowest BCUT2D eigenvalue weighted by atomic mass is 9.97. The van der Waals surface area contributed by atoms with Crippen molar-refractivity contribution in [1.29, 1.82) is 0 Å². The van der Waals surface area contributed by atoms with Crippen LogP contribution in [0.4, 0.5) is 0 Å². The molecule has 6 nitrogen and oxygen atoms in total. The monoisotopic (exact) mass is 501 g/mol. The summed E-state index contributed by atoms with van der Waals surface area (Å²) in [6.45, 7) is 1.85. The summed E-state index contributed by atoms with van der Waals surface area (Å²) in [6, 6.07) is 32.0. The average molecular weight is 502 g/mol. The smallest absolute Gasteiger partial charge is 0.268 e. The van der Waals surface area contributed by atoms with Gasteiger partial charge < -0.3 is 4.74 Å². The molecular weight excluding hydrogens is 474 g/mol. The predicted molar refractivity (Wildman–Crippen MR) is 146 cm³/mol. The summed E-state index contributed by atoms with van der Waals surface area (Å²) in [5.74, 6) is -1.24. The van der Waals surface area contributed by atoms with E-state index < -0.39 is 11.6 Å². The van der Waals surface area contributed by atoms with Crippen LogP contribution in [0.5, 0.6) is 0 Å². The Hall–Kier alpha value is -4.68. The summed E-state index contributed by atoms with van der Waals surface area (Å²) < 4.78 is 5.00. The number of rotatable bonds is 9. The van der Waals surface area contributed by atoms with Crippen LogP contribution in [-0.4, -0.2) is 33.5 Å². The summed E-state index contributed by atoms with van der Waals surface area (Å²) in [5.41, 5.74) is 5.66. The molecule has 5 rings (SSSR count). The van der Waals surface area contributed by atoms with Crippen LogP contribution in [0.1, 0.15) is 22.6 Å². The van der Waals surface area contributed by atoms with E-state index in [9.17, 15) is 9.59 Å². The molecule has 4 aromatic rings. The Morgan fingerprint density at radius 1 is 0.632 bits per heavy atom. The van der Waals surface area contributed by atoms with Gasteiger partial charge in [-0.15, -0.1) is 0 Å². The molecular formula is C32H27N3O3. The molecule has 2 heterocycles. The summed E-state index contributed by atoms with van der Waals surface area (Å²) in [7, 11) is 1.38. The molecule has 1 aliphatic carbocycles. The Bertz CT molecular complexity index is 1510. The van der Waals surface area contributed by atoms with Crippen LogP contribution in [0.25, 0.3) is 16.8 Å². The van der Waals surface area contributed by atoms with Gasteiger partial charge in [-0.3, -0.25) is 24.5 Å². The van der Waals surface area contributed by atoms with E-state index in [0.29, 0.717) is 25.3 Å². The van der Waals surface area contributed by atoms with Gasteiger partial charge in [-0.2, -0.15) is 0 Å². The lowest BCUT2D eigenvalue weighted by molar-refractivity contribution is -0.132. The van der Waals surface area contributed by atoms with Crippen molar-refractivity contribution in [2.75, 3.05) is 7.11 Å². The third kappa shape index (κ3) is 5.82. The van der Waals surface area contributed by atoms with Crippen LogP contribution >= 0.6 is 0 Å². The number of methoxy groups -OCH3 is 1. The highest BCUT2D eigenvalue weighted by Gasteiger charge is 2.28. The van der Waals surface area contributed by atoms with E-state index in [1.165, 1.54) is 18.7 Å². The van der Waals surface area contributed by atoms with Crippen LogP contribution in [0, 0.1) is 0 Å². The minimum Gasteiger partial charge on any atom is -0.493 e. The van der Waals surface area contributed by atoms with Gasteiger partial charge in [-0.1, -0.05) is 72.8 Å².